The molecule has 0 aliphatic carbocycles. The third-order valence-corrected chi connectivity index (χ3v) is 4.35. The smallest absolute Gasteiger partial charge is 0.131 e. The Morgan fingerprint density at radius 2 is 2.22 bits per heavy atom. The first-order valence-corrected chi connectivity index (χ1v) is 7.13. The highest BCUT2D eigenvalue weighted by Crippen LogP contribution is 2.26. The van der Waals surface area contributed by atoms with Gasteiger partial charge in [0.2, 0.25) is 0 Å². The number of nitrogens with zero attached hydrogens (tertiary/aromatic N) is 3. The maximum Gasteiger partial charge on any atom is 0.131 e. The number of aryl methyl sites for hydroxylation is 2. The molecule has 0 radical (unpaired) electrons. The second-order valence-electron chi connectivity index (χ2n) is 5.18. The Kier molecular flexibility index (Phi) is 4.65. The van der Waals surface area contributed by atoms with Gasteiger partial charge in [-0.1, -0.05) is 18.0 Å². The average Bonchev–Trinajstić information content (AvgIpc) is 2.59. The van der Waals surface area contributed by atoms with Crippen molar-refractivity contribution in [1.82, 2.24) is 14.7 Å². The topological polar surface area (TPSA) is 47.1 Å². The highest BCUT2D eigenvalue weighted by molar-refractivity contribution is 6.30. The van der Waals surface area contributed by atoms with Gasteiger partial charge in [-0.2, -0.15) is 5.10 Å². The molecule has 1 fully saturated rings. The molecule has 0 amide bonds. The summed E-state index contributed by atoms with van der Waals surface area (Å²) in [5, 5.41) is 5.15. The number of halogens is 1. The highest BCUT2D eigenvalue weighted by Gasteiger charge is 2.24. The molecule has 1 aliphatic heterocycles. The van der Waals surface area contributed by atoms with E-state index in [-0.39, 0.29) is 0 Å². The van der Waals surface area contributed by atoms with Crippen LogP contribution in [0.15, 0.2) is 0 Å². The van der Waals surface area contributed by atoms with E-state index in [0.717, 1.165) is 36.9 Å². The fourth-order valence-electron chi connectivity index (χ4n) is 2.84. The van der Waals surface area contributed by atoms with Gasteiger partial charge >= 0.3 is 0 Å². The molecule has 0 bridgehead atoms. The third kappa shape index (κ3) is 2.87. The molecule has 2 heterocycles. The molecule has 1 aromatic rings. The number of aromatic nitrogens is 2. The van der Waals surface area contributed by atoms with E-state index < -0.39 is 0 Å². The van der Waals surface area contributed by atoms with Gasteiger partial charge in [0.1, 0.15) is 5.15 Å². The Balaban J connectivity index is 2.10. The first-order chi connectivity index (χ1) is 8.63. The fourth-order valence-corrected chi connectivity index (χ4v) is 3.08. The Morgan fingerprint density at radius 3 is 2.83 bits per heavy atom. The minimum Gasteiger partial charge on any atom is -0.330 e. The van der Waals surface area contributed by atoms with Gasteiger partial charge < -0.3 is 5.73 Å². The summed E-state index contributed by atoms with van der Waals surface area (Å²) < 4.78 is 1.76. The summed E-state index contributed by atoms with van der Waals surface area (Å²) in [6, 6.07) is 0.611. The Hall–Kier alpha value is -0.580. The van der Waals surface area contributed by atoms with Gasteiger partial charge in [0.05, 0.1) is 5.69 Å². The molecule has 0 aromatic carbocycles. The van der Waals surface area contributed by atoms with Gasteiger partial charge in [0, 0.05) is 25.2 Å². The summed E-state index contributed by atoms with van der Waals surface area (Å²) in [6.07, 6.45) is 4.93. The fraction of sp³-hybridized carbons (Fsp3) is 0.769. The monoisotopic (exact) mass is 270 g/mol. The lowest BCUT2D eigenvalue weighted by atomic mass is 9.98. The van der Waals surface area contributed by atoms with Crippen molar-refractivity contribution in [2.45, 2.75) is 45.2 Å². The minimum atomic E-state index is 0.611. The van der Waals surface area contributed by atoms with Crippen LogP contribution in [0.2, 0.25) is 5.15 Å². The number of likely N-dealkylation sites (tertiary alicyclic amines) is 1. The van der Waals surface area contributed by atoms with Crippen molar-refractivity contribution in [3.8, 4) is 0 Å². The minimum absolute atomic E-state index is 0.611. The summed E-state index contributed by atoms with van der Waals surface area (Å²) in [4.78, 5) is 2.52. The molecular weight excluding hydrogens is 248 g/mol. The number of nitrogens with two attached hydrogens (primary N) is 1. The van der Waals surface area contributed by atoms with Crippen molar-refractivity contribution in [3.63, 3.8) is 0 Å². The zero-order valence-corrected chi connectivity index (χ0v) is 12.1. The van der Waals surface area contributed by atoms with Crippen LogP contribution in [0, 0.1) is 6.92 Å². The summed E-state index contributed by atoms with van der Waals surface area (Å²) in [7, 11) is 1.90. The number of hydrogen-bond donors (Lipinski definition) is 1. The van der Waals surface area contributed by atoms with Crippen molar-refractivity contribution >= 4 is 11.6 Å². The second-order valence-corrected chi connectivity index (χ2v) is 5.53. The standard InChI is InChI=1S/C13H23ClN4/c1-10-12(13(14)17(2)16-10)9-18-8-4-3-5-11(18)6-7-15/h11H,3-9,15H2,1-2H3. The van der Waals surface area contributed by atoms with E-state index in [1.54, 1.807) is 4.68 Å². The van der Waals surface area contributed by atoms with Gasteiger partial charge in [0.25, 0.3) is 0 Å². The normalized spacial score (nSPS) is 21.4. The van der Waals surface area contributed by atoms with Crippen LogP contribution in [0.5, 0.6) is 0 Å². The Morgan fingerprint density at radius 1 is 1.44 bits per heavy atom. The van der Waals surface area contributed by atoms with Crippen LogP contribution in [0.3, 0.4) is 0 Å². The lowest BCUT2D eigenvalue weighted by Crippen LogP contribution is -2.40. The van der Waals surface area contributed by atoms with E-state index in [9.17, 15) is 0 Å². The summed E-state index contributed by atoms with van der Waals surface area (Å²) >= 11 is 6.31. The van der Waals surface area contributed by atoms with Crippen molar-refractivity contribution in [3.05, 3.63) is 16.4 Å². The SMILES string of the molecule is Cc1nn(C)c(Cl)c1CN1CCCCC1CCN. The molecule has 102 valence electrons. The first-order valence-electron chi connectivity index (χ1n) is 6.75. The molecular formula is C13H23ClN4. The molecule has 2 rings (SSSR count). The predicted octanol–water partition coefficient (Wildman–Crippen LogP) is 2.09. The highest BCUT2D eigenvalue weighted by atomic mass is 35.5. The lowest BCUT2D eigenvalue weighted by Gasteiger charge is -2.35. The molecule has 5 heteroatoms. The van der Waals surface area contributed by atoms with Gasteiger partial charge in [-0.25, -0.2) is 0 Å². The van der Waals surface area contributed by atoms with Crippen LogP contribution in [0.25, 0.3) is 0 Å². The maximum absolute atomic E-state index is 6.31. The maximum atomic E-state index is 6.31. The van der Waals surface area contributed by atoms with Gasteiger partial charge in [-0.15, -0.1) is 0 Å². The molecule has 1 unspecified atom stereocenters. The molecule has 4 nitrogen and oxygen atoms in total. The quantitative estimate of drug-likeness (QED) is 0.911. The molecule has 2 N–H and O–H groups in total. The van der Waals surface area contributed by atoms with Crippen LogP contribution in [-0.2, 0) is 13.6 Å². The number of rotatable bonds is 4. The largest absolute Gasteiger partial charge is 0.330 e. The molecule has 1 aromatic heterocycles. The molecule has 1 atom stereocenters. The van der Waals surface area contributed by atoms with E-state index in [1.807, 2.05) is 14.0 Å². The van der Waals surface area contributed by atoms with Crippen LogP contribution in [0.1, 0.15) is 36.9 Å². The molecule has 0 saturated carbocycles. The van der Waals surface area contributed by atoms with Gasteiger partial charge in [0.15, 0.2) is 0 Å². The average molecular weight is 271 g/mol. The Bertz CT molecular complexity index is 400. The molecule has 0 spiro atoms. The first kappa shape index (κ1) is 13.8. The van der Waals surface area contributed by atoms with Crippen LogP contribution in [-0.4, -0.2) is 33.8 Å². The van der Waals surface area contributed by atoms with Crippen molar-refractivity contribution in [1.29, 1.82) is 0 Å². The zero-order valence-electron chi connectivity index (χ0n) is 11.3. The van der Waals surface area contributed by atoms with Crippen molar-refractivity contribution in [2.24, 2.45) is 12.8 Å². The van der Waals surface area contributed by atoms with E-state index in [1.165, 1.54) is 24.8 Å². The summed E-state index contributed by atoms with van der Waals surface area (Å²) in [5.41, 5.74) is 7.92. The Labute approximate surface area is 114 Å². The van der Waals surface area contributed by atoms with Gasteiger partial charge in [-0.05, 0) is 39.3 Å². The zero-order chi connectivity index (χ0) is 13.1. The van der Waals surface area contributed by atoms with Crippen molar-refractivity contribution < 1.29 is 0 Å². The van der Waals surface area contributed by atoms with E-state index in [2.05, 4.69) is 10.00 Å². The molecule has 1 aliphatic rings. The van der Waals surface area contributed by atoms with Crippen LogP contribution >= 0.6 is 11.6 Å². The summed E-state index contributed by atoms with van der Waals surface area (Å²) in [6.45, 7) is 4.85. The lowest BCUT2D eigenvalue weighted by molar-refractivity contribution is 0.134. The second kappa shape index (κ2) is 6.04. The predicted molar refractivity (Wildman–Crippen MR) is 74.7 cm³/mol. The van der Waals surface area contributed by atoms with Gasteiger partial charge in [-0.3, -0.25) is 9.58 Å². The van der Waals surface area contributed by atoms with E-state index in [0.29, 0.717) is 6.04 Å². The molecule has 1 saturated heterocycles. The van der Waals surface area contributed by atoms with Crippen LogP contribution < -0.4 is 5.73 Å². The number of hydrogen-bond acceptors (Lipinski definition) is 3. The third-order valence-electron chi connectivity index (χ3n) is 3.88. The summed E-state index contributed by atoms with van der Waals surface area (Å²) in [5.74, 6) is 0. The number of piperidine rings is 1. The van der Waals surface area contributed by atoms with Crippen LogP contribution in [0.4, 0.5) is 0 Å². The van der Waals surface area contributed by atoms with E-state index in [4.69, 9.17) is 17.3 Å². The van der Waals surface area contributed by atoms with E-state index >= 15 is 0 Å². The van der Waals surface area contributed by atoms with Crippen molar-refractivity contribution in [2.75, 3.05) is 13.1 Å². The molecule has 18 heavy (non-hydrogen) atoms.